The van der Waals surface area contributed by atoms with Crippen LogP contribution in [0.2, 0.25) is 0 Å². The van der Waals surface area contributed by atoms with Crippen molar-refractivity contribution in [2.24, 2.45) is 5.84 Å². The highest BCUT2D eigenvalue weighted by Crippen LogP contribution is 2.36. The predicted molar refractivity (Wildman–Crippen MR) is 67.6 cm³/mol. The standard InChI is InChI=1S/C14H16N2O2/c15-16-13(12-6-3-8-17-12)14-11-5-2-1-4-10(11)7-9-18-14/h1-6,8,13-14,16H,7,9,15H2. The van der Waals surface area contributed by atoms with Crippen LogP contribution in [0.1, 0.15) is 29.0 Å². The van der Waals surface area contributed by atoms with Crippen molar-refractivity contribution in [1.82, 2.24) is 5.43 Å². The van der Waals surface area contributed by atoms with Crippen LogP contribution in [-0.4, -0.2) is 6.61 Å². The summed E-state index contributed by atoms with van der Waals surface area (Å²) in [7, 11) is 0. The molecule has 4 heteroatoms. The minimum Gasteiger partial charge on any atom is -0.468 e. The van der Waals surface area contributed by atoms with Gasteiger partial charge in [-0.1, -0.05) is 24.3 Å². The van der Waals surface area contributed by atoms with Crippen molar-refractivity contribution < 1.29 is 9.15 Å². The minimum atomic E-state index is -0.165. The molecule has 1 aliphatic heterocycles. The summed E-state index contributed by atoms with van der Waals surface area (Å²) in [5, 5.41) is 0. The van der Waals surface area contributed by atoms with Gasteiger partial charge in [0.15, 0.2) is 0 Å². The Morgan fingerprint density at radius 3 is 2.89 bits per heavy atom. The number of ether oxygens (including phenoxy) is 1. The van der Waals surface area contributed by atoms with E-state index in [-0.39, 0.29) is 12.1 Å². The van der Waals surface area contributed by atoms with Gasteiger partial charge in [0.1, 0.15) is 17.9 Å². The third-order valence-corrected chi connectivity index (χ3v) is 3.36. The summed E-state index contributed by atoms with van der Waals surface area (Å²) in [4.78, 5) is 0. The van der Waals surface area contributed by atoms with Crippen LogP contribution < -0.4 is 11.3 Å². The van der Waals surface area contributed by atoms with Crippen molar-refractivity contribution in [3.05, 3.63) is 59.5 Å². The molecule has 0 saturated carbocycles. The summed E-state index contributed by atoms with van der Waals surface area (Å²) in [6.07, 6.45) is 2.49. The van der Waals surface area contributed by atoms with Crippen molar-refractivity contribution in [2.75, 3.05) is 6.61 Å². The van der Waals surface area contributed by atoms with E-state index >= 15 is 0 Å². The molecule has 0 spiro atoms. The molecule has 2 unspecified atom stereocenters. The molecule has 0 fully saturated rings. The molecule has 3 N–H and O–H groups in total. The van der Waals surface area contributed by atoms with Gasteiger partial charge in [-0.2, -0.15) is 0 Å². The quantitative estimate of drug-likeness (QED) is 0.641. The van der Waals surface area contributed by atoms with Crippen LogP contribution in [0.5, 0.6) is 0 Å². The number of hydrogen-bond donors (Lipinski definition) is 2. The average Bonchev–Trinajstić information content (AvgIpc) is 2.94. The molecule has 2 aromatic rings. The van der Waals surface area contributed by atoms with Crippen LogP contribution in [0, 0.1) is 0 Å². The van der Waals surface area contributed by atoms with Crippen molar-refractivity contribution in [2.45, 2.75) is 18.6 Å². The van der Waals surface area contributed by atoms with Crippen LogP contribution in [0.15, 0.2) is 47.1 Å². The van der Waals surface area contributed by atoms with Gasteiger partial charge in [-0.15, -0.1) is 0 Å². The summed E-state index contributed by atoms with van der Waals surface area (Å²) < 4.78 is 11.3. The lowest BCUT2D eigenvalue weighted by atomic mass is 9.92. The lowest BCUT2D eigenvalue weighted by Crippen LogP contribution is -2.35. The third-order valence-electron chi connectivity index (χ3n) is 3.36. The second kappa shape index (κ2) is 4.94. The molecule has 3 rings (SSSR count). The number of hydrogen-bond acceptors (Lipinski definition) is 4. The number of nitrogens with two attached hydrogens (primary N) is 1. The van der Waals surface area contributed by atoms with Gasteiger partial charge in [-0.05, 0) is 29.7 Å². The van der Waals surface area contributed by atoms with Gasteiger partial charge in [-0.25, -0.2) is 5.43 Å². The molecule has 0 aliphatic carbocycles. The first-order valence-electron chi connectivity index (χ1n) is 6.09. The van der Waals surface area contributed by atoms with Crippen LogP contribution in [-0.2, 0) is 11.2 Å². The molecule has 4 nitrogen and oxygen atoms in total. The van der Waals surface area contributed by atoms with Crippen molar-refractivity contribution in [3.8, 4) is 0 Å². The van der Waals surface area contributed by atoms with Crippen molar-refractivity contribution >= 4 is 0 Å². The first kappa shape index (κ1) is 11.5. The van der Waals surface area contributed by atoms with Gasteiger partial charge < -0.3 is 9.15 Å². The summed E-state index contributed by atoms with van der Waals surface area (Å²) in [6, 6.07) is 11.9. The maximum atomic E-state index is 5.88. The number of hydrazine groups is 1. The number of benzene rings is 1. The first-order valence-corrected chi connectivity index (χ1v) is 6.09. The van der Waals surface area contributed by atoms with E-state index < -0.39 is 0 Å². The molecule has 0 bridgehead atoms. The highest BCUT2D eigenvalue weighted by Gasteiger charge is 2.30. The summed E-state index contributed by atoms with van der Waals surface area (Å²) in [5.41, 5.74) is 5.30. The fourth-order valence-electron chi connectivity index (χ4n) is 2.49. The molecule has 1 aromatic heterocycles. The molecule has 2 atom stereocenters. The Labute approximate surface area is 106 Å². The molecule has 18 heavy (non-hydrogen) atoms. The van der Waals surface area contributed by atoms with E-state index in [0.717, 1.165) is 12.2 Å². The zero-order valence-corrected chi connectivity index (χ0v) is 10.0. The second-order valence-corrected chi connectivity index (χ2v) is 4.40. The van der Waals surface area contributed by atoms with Gasteiger partial charge in [0.05, 0.1) is 12.9 Å². The van der Waals surface area contributed by atoms with E-state index in [2.05, 4.69) is 23.6 Å². The van der Waals surface area contributed by atoms with E-state index in [9.17, 15) is 0 Å². The molecule has 0 saturated heterocycles. The van der Waals surface area contributed by atoms with E-state index in [1.807, 2.05) is 18.2 Å². The van der Waals surface area contributed by atoms with Crippen LogP contribution in [0.25, 0.3) is 0 Å². The first-order chi connectivity index (χ1) is 8.90. The van der Waals surface area contributed by atoms with E-state index in [0.29, 0.717) is 6.61 Å². The molecule has 1 aromatic carbocycles. The molecular formula is C14H16N2O2. The average molecular weight is 244 g/mol. The minimum absolute atomic E-state index is 0.105. The highest BCUT2D eigenvalue weighted by molar-refractivity contribution is 5.33. The topological polar surface area (TPSA) is 60.4 Å². The molecule has 0 amide bonds. The smallest absolute Gasteiger partial charge is 0.125 e. The Morgan fingerprint density at radius 2 is 2.11 bits per heavy atom. The highest BCUT2D eigenvalue weighted by atomic mass is 16.5. The zero-order chi connectivity index (χ0) is 12.4. The predicted octanol–water partition coefficient (Wildman–Crippen LogP) is 2.10. The van der Waals surface area contributed by atoms with Crippen molar-refractivity contribution in [1.29, 1.82) is 0 Å². The Kier molecular flexibility index (Phi) is 3.15. The number of furan rings is 1. The van der Waals surface area contributed by atoms with E-state index in [1.165, 1.54) is 11.1 Å². The van der Waals surface area contributed by atoms with Gasteiger partial charge in [0.25, 0.3) is 0 Å². The van der Waals surface area contributed by atoms with Gasteiger partial charge in [0.2, 0.25) is 0 Å². The Bertz CT molecular complexity index is 510. The van der Waals surface area contributed by atoms with E-state index in [4.69, 9.17) is 15.0 Å². The SMILES string of the molecule is NNC(c1ccco1)C1OCCc2ccccc21. The summed E-state index contributed by atoms with van der Waals surface area (Å²) in [6.45, 7) is 0.709. The summed E-state index contributed by atoms with van der Waals surface area (Å²) in [5.74, 6) is 6.45. The molecule has 94 valence electrons. The monoisotopic (exact) mass is 244 g/mol. The van der Waals surface area contributed by atoms with Crippen LogP contribution in [0.3, 0.4) is 0 Å². The molecule has 2 heterocycles. The molecule has 1 aliphatic rings. The van der Waals surface area contributed by atoms with Gasteiger partial charge in [0, 0.05) is 0 Å². The van der Waals surface area contributed by atoms with Gasteiger partial charge in [-0.3, -0.25) is 5.84 Å². The largest absolute Gasteiger partial charge is 0.468 e. The number of nitrogens with one attached hydrogen (secondary N) is 1. The van der Waals surface area contributed by atoms with E-state index in [1.54, 1.807) is 6.26 Å². The number of fused-ring (bicyclic) bond motifs is 1. The third kappa shape index (κ3) is 1.95. The number of rotatable bonds is 3. The van der Waals surface area contributed by atoms with Crippen LogP contribution >= 0.6 is 0 Å². The zero-order valence-electron chi connectivity index (χ0n) is 10.0. The lowest BCUT2D eigenvalue weighted by Gasteiger charge is -2.31. The lowest BCUT2D eigenvalue weighted by molar-refractivity contribution is 0.00954. The summed E-state index contributed by atoms with van der Waals surface area (Å²) >= 11 is 0. The maximum absolute atomic E-state index is 5.88. The molecular weight excluding hydrogens is 228 g/mol. The fraction of sp³-hybridized carbons (Fsp3) is 0.286. The Morgan fingerprint density at radius 1 is 1.22 bits per heavy atom. The van der Waals surface area contributed by atoms with Crippen molar-refractivity contribution in [3.63, 3.8) is 0 Å². The maximum Gasteiger partial charge on any atom is 0.125 e. The Hall–Kier alpha value is -1.62. The Balaban J connectivity index is 1.97. The van der Waals surface area contributed by atoms with Crippen LogP contribution in [0.4, 0.5) is 0 Å². The fourth-order valence-corrected chi connectivity index (χ4v) is 2.49. The second-order valence-electron chi connectivity index (χ2n) is 4.40. The molecule has 0 radical (unpaired) electrons. The normalized spacial score (nSPS) is 20.4. The van der Waals surface area contributed by atoms with Gasteiger partial charge >= 0.3 is 0 Å².